The van der Waals surface area contributed by atoms with E-state index in [2.05, 4.69) is 32.8 Å². The number of thiophene rings is 1. The third kappa shape index (κ3) is 4.78. The van der Waals surface area contributed by atoms with Crippen molar-refractivity contribution in [1.82, 2.24) is 9.97 Å². The van der Waals surface area contributed by atoms with Gasteiger partial charge in [0.05, 0.1) is 0 Å². The number of ether oxygens (including phenoxy) is 1. The van der Waals surface area contributed by atoms with E-state index in [9.17, 15) is 0 Å². The van der Waals surface area contributed by atoms with Crippen LogP contribution < -0.4 is 5.32 Å². The van der Waals surface area contributed by atoms with E-state index < -0.39 is 0 Å². The number of halogens is 1. The Kier molecular flexibility index (Phi) is 5.57. The average molecular weight is 298 g/mol. The quantitative estimate of drug-likeness (QED) is 0.796. The van der Waals surface area contributed by atoms with Gasteiger partial charge in [0, 0.05) is 24.1 Å². The molecule has 4 nitrogen and oxygen atoms in total. The Morgan fingerprint density at radius 2 is 2.32 bits per heavy atom. The van der Waals surface area contributed by atoms with Crippen LogP contribution in [-0.2, 0) is 17.8 Å². The minimum Gasteiger partial charge on any atom is -0.374 e. The Hall–Kier alpha value is -1.17. The number of aromatic nitrogens is 2. The van der Waals surface area contributed by atoms with Crippen molar-refractivity contribution in [1.29, 1.82) is 0 Å². The van der Waals surface area contributed by atoms with E-state index in [1.807, 2.05) is 6.92 Å². The highest BCUT2D eigenvalue weighted by Gasteiger charge is 2.03. The van der Waals surface area contributed by atoms with Crippen molar-refractivity contribution in [2.45, 2.75) is 20.0 Å². The number of rotatable bonds is 7. The van der Waals surface area contributed by atoms with Crippen molar-refractivity contribution in [3.05, 3.63) is 39.4 Å². The Morgan fingerprint density at radius 1 is 1.42 bits per heavy atom. The molecule has 0 saturated heterocycles. The molecule has 6 heteroatoms. The topological polar surface area (TPSA) is 47.0 Å². The lowest BCUT2D eigenvalue weighted by atomic mass is 10.3. The maximum absolute atomic E-state index is 5.96. The van der Waals surface area contributed by atoms with E-state index in [0.29, 0.717) is 24.2 Å². The van der Waals surface area contributed by atoms with Crippen molar-refractivity contribution < 1.29 is 4.74 Å². The van der Waals surface area contributed by atoms with E-state index in [4.69, 9.17) is 16.3 Å². The van der Waals surface area contributed by atoms with Crippen LogP contribution in [0.3, 0.4) is 0 Å². The molecule has 0 saturated carbocycles. The fraction of sp³-hybridized carbons (Fsp3) is 0.385. The molecule has 2 rings (SSSR count). The van der Waals surface area contributed by atoms with Crippen molar-refractivity contribution in [3.8, 4) is 0 Å². The van der Waals surface area contributed by atoms with Gasteiger partial charge in [-0.3, -0.25) is 0 Å². The van der Waals surface area contributed by atoms with Crippen LogP contribution in [0.1, 0.15) is 17.6 Å². The summed E-state index contributed by atoms with van der Waals surface area (Å²) in [7, 11) is 0. The summed E-state index contributed by atoms with van der Waals surface area (Å²) in [5, 5.41) is 5.77. The third-order valence-corrected chi connectivity index (χ3v) is 3.56. The van der Waals surface area contributed by atoms with Crippen LogP contribution in [0, 0.1) is 0 Å². The van der Waals surface area contributed by atoms with Gasteiger partial charge in [-0.2, -0.15) is 0 Å². The van der Waals surface area contributed by atoms with Gasteiger partial charge < -0.3 is 10.1 Å². The number of nitrogens with zero attached hydrogens (tertiary/aromatic N) is 2. The molecule has 0 amide bonds. The van der Waals surface area contributed by atoms with Crippen LogP contribution in [0.15, 0.2) is 23.6 Å². The molecule has 0 aromatic carbocycles. The molecule has 19 heavy (non-hydrogen) atoms. The fourth-order valence-corrected chi connectivity index (χ4v) is 2.49. The zero-order valence-electron chi connectivity index (χ0n) is 10.7. The molecule has 102 valence electrons. The van der Waals surface area contributed by atoms with Crippen molar-refractivity contribution in [3.63, 3.8) is 0 Å². The number of hydrogen-bond donors (Lipinski definition) is 1. The van der Waals surface area contributed by atoms with Gasteiger partial charge >= 0.3 is 0 Å². The van der Waals surface area contributed by atoms with Crippen LogP contribution in [-0.4, -0.2) is 23.1 Å². The second-order valence-corrected chi connectivity index (χ2v) is 5.30. The molecule has 0 aliphatic heterocycles. The Labute approximate surface area is 121 Å². The van der Waals surface area contributed by atoms with Gasteiger partial charge in [0.2, 0.25) is 0 Å². The van der Waals surface area contributed by atoms with Crippen LogP contribution >= 0.6 is 22.9 Å². The van der Waals surface area contributed by atoms with Gasteiger partial charge in [-0.25, -0.2) is 9.97 Å². The average Bonchev–Trinajstić information content (AvgIpc) is 2.89. The Balaban J connectivity index is 1.90. The van der Waals surface area contributed by atoms with E-state index >= 15 is 0 Å². The summed E-state index contributed by atoms with van der Waals surface area (Å²) in [5.74, 6) is 1.35. The highest BCUT2D eigenvalue weighted by Crippen LogP contribution is 2.13. The van der Waals surface area contributed by atoms with Gasteiger partial charge in [0.15, 0.2) is 5.82 Å². The lowest BCUT2D eigenvalue weighted by molar-refractivity contribution is 0.128. The molecule has 2 heterocycles. The molecule has 2 aromatic heterocycles. The predicted octanol–water partition coefficient (Wildman–Crippen LogP) is 3.38. The number of hydrogen-bond acceptors (Lipinski definition) is 5. The molecule has 0 fully saturated rings. The van der Waals surface area contributed by atoms with Crippen LogP contribution in [0.4, 0.5) is 5.82 Å². The van der Waals surface area contributed by atoms with Crippen molar-refractivity contribution in [2.24, 2.45) is 0 Å². The maximum atomic E-state index is 5.96. The zero-order chi connectivity index (χ0) is 13.5. The highest BCUT2D eigenvalue weighted by atomic mass is 35.5. The fourth-order valence-electron chi connectivity index (χ4n) is 1.58. The van der Waals surface area contributed by atoms with Crippen molar-refractivity contribution >= 4 is 28.8 Å². The van der Waals surface area contributed by atoms with Gasteiger partial charge in [-0.15, -0.1) is 11.3 Å². The number of nitrogens with one attached hydrogen (secondary N) is 1. The summed E-state index contributed by atoms with van der Waals surface area (Å²) in [6.07, 6.45) is 0.972. The second kappa shape index (κ2) is 7.43. The smallest absolute Gasteiger partial charge is 0.158 e. The zero-order valence-corrected chi connectivity index (χ0v) is 12.3. The Morgan fingerprint density at radius 3 is 3.05 bits per heavy atom. The predicted molar refractivity (Wildman–Crippen MR) is 78.9 cm³/mol. The maximum Gasteiger partial charge on any atom is 0.158 e. The molecule has 0 spiro atoms. The first-order chi connectivity index (χ1) is 9.28. The second-order valence-electron chi connectivity index (χ2n) is 3.89. The lowest BCUT2D eigenvalue weighted by Gasteiger charge is -2.07. The first-order valence-corrected chi connectivity index (χ1v) is 7.41. The van der Waals surface area contributed by atoms with Gasteiger partial charge in [0.1, 0.15) is 17.6 Å². The normalized spacial score (nSPS) is 10.6. The molecular weight excluding hydrogens is 282 g/mol. The first kappa shape index (κ1) is 14.2. The van der Waals surface area contributed by atoms with Gasteiger partial charge in [-0.1, -0.05) is 17.7 Å². The van der Waals surface area contributed by atoms with E-state index in [0.717, 1.165) is 18.8 Å². The molecule has 1 N–H and O–H groups in total. The minimum absolute atomic E-state index is 0.386. The summed E-state index contributed by atoms with van der Waals surface area (Å²) in [6.45, 7) is 3.78. The molecule has 0 aliphatic carbocycles. The lowest BCUT2D eigenvalue weighted by Crippen LogP contribution is -2.08. The van der Waals surface area contributed by atoms with Crippen LogP contribution in [0.25, 0.3) is 0 Å². The minimum atomic E-state index is 0.386. The standard InChI is InChI=1S/C13H16ClN3OS/c1-2-18-9-13-16-11(14)8-12(17-13)15-6-5-10-4-3-7-19-10/h3-4,7-8H,2,5-6,9H2,1H3,(H,15,16,17). The molecule has 0 aliphatic rings. The summed E-state index contributed by atoms with van der Waals surface area (Å²) < 4.78 is 5.28. The molecule has 0 radical (unpaired) electrons. The Bertz CT molecular complexity index is 505. The monoisotopic (exact) mass is 297 g/mol. The molecule has 0 atom stereocenters. The van der Waals surface area contributed by atoms with Crippen LogP contribution in [0.5, 0.6) is 0 Å². The van der Waals surface area contributed by atoms with Gasteiger partial charge in [-0.05, 0) is 24.8 Å². The largest absolute Gasteiger partial charge is 0.374 e. The summed E-state index contributed by atoms with van der Waals surface area (Å²) in [6, 6.07) is 5.91. The third-order valence-electron chi connectivity index (χ3n) is 2.43. The number of anilines is 1. The van der Waals surface area contributed by atoms with Crippen LogP contribution in [0.2, 0.25) is 5.15 Å². The van der Waals surface area contributed by atoms with Gasteiger partial charge in [0.25, 0.3) is 0 Å². The highest BCUT2D eigenvalue weighted by molar-refractivity contribution is 7.09. The molecule has 2 aromatic rings. The van der Waals surface area contributed by atoms with Crippen molar-refractivity contribution in [2.75, 3.05) is 18.5 Å². The first-order valence-electron chi connectivity index (χ1n) is 6.15. The summed E-state index contributed by atoms with van der Waals surface area (Å²) in [4.78, 5) is 9.83. The summed E-state index contributed by atoms with van der Waals surface area (Å²) >= 11 is 7.72. The van der Waals surface area contributed by atoms with E-state index in [1.54, 1.807) is 17.4 Å². The SMILES string of the molecule is CCOCc1nc(Cl)cc(NCCc2cccs2)n1. The van der Waals surface area contributed by atoms with E-state index in [1.165, 1.54) is 4.88 Å². The summed E-state index contributed by atoms with van der Waals surface area (Å²) in [5.41, 5.74) is 0. The van der Waals surface area contributed by atoms with E-state index in [-0.39, 0.29) is 0 Å². The molecule has 0 bridgehead atoms. The molecule has 0 unspecified atom stereocenters. The molecular formula is C13H16ClN3OS.